The number of carbonyl (C=O) groups is 1. The molecule has 0 spiro atoms. The Balaban J connectivity index is 1.57. The van der Waals surface area contributed by atoms with Crippen LogP contribution >= 0.6 is 0 Å². The van der Waals surface area contributed by atoms with Gasteiger partial charge in [-0.2, -0.15) is 0 Å². The van der Waals surface area contributed by atoms with E-state index in [-0.39, 0.29) is 5.91 Å². The second-order valence-electron chi connectivity index (χ2n) is 6.38. The molecule has 0 atom stereocenters. The first kappa shape index (κ1) is 17.8. The van der Waals surface area contributed by atoms with Gasteiger partial charge in [-0.3, -0.25) is 10.1 Å². The highest BCUT2D eigenvalue weighted by Gasteiger charge is 2.16. The summed E-state index contributed by atoms with van der Waals surface area (Å²) in [6.45, 7) is 3.07. The van der Waals surface area contributed by atoms with Crippen molar-refractivity contribution in [3.63, 3.8) is 0 Å². The number of aryl methyl sites for hydroxylation is 1. The average Bonchev–Trinajstić information content (AvgIpc) is 3.10. The summed E-state index contributed by atoms with van der Waals surface area (Å²) in [6, 6.07) is 24.9. The molecule has 0 aliphatic heterocycles. The van der Waals surface area contributed by atoms with Crippen molar-refractivity contribution in [3.05, 3.63) is 90.0 Å². The summed E-state index contributed by atoms with van der Waals surface area (Å²) in [7, 11) is 0. The van der Waals surface area contributed by atoms with Crippen LogP contribution < -0.4 is 10.1 Å². The van der Waals surface area contributed by atoms with E-state index in [0.29, 0.717) is 18.1 Å². The Morgan fingerprint density at radius 1 is 0.964 bits per heavy atom. The van der Waals surface area contributed by atoms with Crippen LogP contribution in [0.4, 0.5) is 5.95 Å². The topological polar surface area (TPSA) is 56.2 Å². The minimum atomic E-state index is -0.197. The number of ether oxygens (including phenoxy) is 1. The highest BCUT2D eigenvalue weighted by molar-refractivity contribution is 6.05. The van der Waals surface area contributed by atoms with Gasteiger partial charge in [-0.15, -0.1) is 0 Å². The number of para-hydroxylation sites is 3. The molecule has 140 valence electrons. The minimum Gasteiger partial charge on any atom is -0.489 e. The number of hydrogen-bond acceptors (Lipinski definition) is 3. The normalized spacial score (nSPS) is 10.8. The summed E-state index contributed by atoms with van der Waals surface area (Å²) >= 11 is 0. The number of fused-ring (bicyclic) bond motifs is 1. The van der Waals surface area contributed by atoms with Crippen LogP contribution in [0.15, 0.2) is 78.9 Å². The summed E-state index contributed by atoms with van der Waals surface area (Å²) < 4.78 is 7.82. The average molecular weight is 371 g/mol. The van der Waals surface area contributed by atoms with Crippen LogP contribution in [0.5, 0.6) is 5.75 Å². The van der Waals surface area contributed by atoms with Crippen LogP contribution in [-0.2, 0) is 13.2 Å². The summed E-state index contributed by atoms with van der Waals surface area (Å²) in [5.74, 6) is 1.12. The van der Waals surface area contributed by atoms with Crippen LogP contribution in [0.3, 0.4) is 0 Å². The molecule has 4 aromatic rings. The lowest BCUT2D eigenvalue weighted by molar-refractivity contribution is 0.102. The SMILES string of the molecule is CCn1c(NC(=O)c2ccccc2COc2ccccc2)nc2ccccc21. The molecule has 5 nitrogen and oxygen atoms in total. The van der Waals surface area contributed by atoms with Crippen molar-refractivity contribution in [1.82, 2.24) is 9.55 Å². The van der Waals surface area contributed by atoms with Gasteiger partial charge < -0.3 is 9.30 Å². The van der Waals surface area contributed by atoms with Crippen molar-refractivity contribution in [3.8, 4) is 5.75 Å². The van der Waals surface area contributed by atoms with Crippen LogP contribution in [-0.4, -0.2) is 15.5 Å². The Hall–Kier alpha value is -3.60. The van der Waals surface area contributed by atoms with Crippen molar-refractivity contribution < 1.29 is 9.53 Å². The first-order valence-corrected chi connectivity index (χ1v) is 9.28. The molecular formula is C23H21N3O2. The molecule has 4 rings (SSSR count). The molecule has 0 aliphatic rings. The summed E-state index contributed by atoms with van der Waals surface area (Å²) in [4.78, 5) is 17.5. The molecule has 0 radical (unpaired) electrons. The Morgan fingerprint density at radius 2 is 1.68 bits per heavy atom. The zero-order valence-electron chi connectivity index (χ0n) is 15.6. The third-order valence-corrected chi connectivity index (χ3v) is 4.60. The zero-order chi connectivity index (χ0) is 19.3. The molecule has 28 heavy (non-hydrogen) atoms. The lowest BCUT2D eigenvalue weighted by Crippen LogP contribution is -2.18. The van der Waals surface area contributed by atoms with Crippen molar-refractivity contribution in [2.75, 3.05) is 5.32 Å². The predicted molar refractivity (Wildman–Crippen MR) is 111 cm³/mol. The summed E-state index contributed by atoms with van der Waals surface area (Å²) in [5, 5.41) is 2.96. The van der Waals surface area contributed by atoms with Crippen molar-refractivity contribution >= 4 is 22.9 Å². The van der Waals surface area contributed by atoms with Gasteiger partial charge in [-0.25, -0.2) is 4.98 Å². The van der Waals surface area contributed by atoms with E-state index in [1.807, 2.05) is 84.3 Å². The number of imidazole rings is 1. The van der Waals surface area contributed by atoms with Gasteiger partial charge in [0.2, 0.25) is 5.95 Å². The molecule has 1 aromatic heterocycles. The number of rotatable bonds is 6. The number of hydrogen-bond donors (Lipinski definition) is 1. The fourth-order valence-electron chi connectivity index (χ4n) is 3.21. The molecule has 0 saturated carbocycles. The van der Waals surface area contributed by atoms with Gasteiger partial charge in [0.15, 0.2) is 0 Å². The van der Waals surface area contributed by atoms with Gasteiger partial charge in [0.05, 0.1) is 11.0 Å². The van der Waals surface area contributed by atoms with Gasteiger partial charge in [0.1, 0.15) is 12.4 Å². The van der Waals surface area contributed by atoms with Crippen molar-refractivity contribution in [1.29, 1.82) is 0 Å². The van der Waals surface area contributed by atoms with Crippen molar-refractivity contribution in [2.24, 2.45) is 0 Å². The van der Waals surface area contributed by atoms with E-state index in [2.05, 4.69) is 10.3 Å². The smallest absolute Gasteiger partial charge is 0.258 e. The van der Waals surface area contributed by atoms with Crippen LogP contribution in [0.1, 0.15) is 22.8 Å². The Morgan fingerprint density at radius 3 is 2.50 bits per heavy atom. The van der Waals surface area contributed by atoms with E-state index < -0.39 is 0 Å². The first-order valence-electron chi connectivity index (χ1n) is 9.28. The lowest BCUT2D eigenvalue weighted by Gasteiger charge is -2.12. The van der Waals surface area contributed by atoms with Gasteiger partial charge >= 0.3 is 0 Å². The van der Waals surface area contributed by atoms with E-state index in [4.69, 9.17) is 4.74 Å². The molecule has 0 saturated heterocycles. The number of amides is 1. The highest BCUT2D eigenvalue weighted by Crippen LogP contribution is 2.21. The molecule has 0 aliphatic carbocycles. The zero-order valence-corrected chi connectivity index (χ0v) is 15.6. The van der Waals surface area contributed by atoms with E-state index >= 15 is 0 Å². The largest absolute Gasteiger partial charge is 0.489 e. The molecule has 0 fully saturated rings. The maximum atomic E-state index is 13.0. The number of carbonyl (C=O) groups excluding carboxylic acids is 1. The Labute approximate surface area is 163 Å². The number of benzene rings is 3. The van der Waals surface area contributed by atoms with E-state index in [1.165, 1.54) is 0 Å². The summed E-state index contributed by atoms with van der Waals surface area (Å²) in [5.41, 5.74) is 3.26. The number of aromatic nitrogens is 2. The van der Waals surface area contributed by atoms with Crippen LogP contribution in [0.2, 0.25) is 0 Å². The van der Waals surface area contributed by atoms with Gasteiger partial charge in [0, 0.05) is 17.7 Å². The van der Waals surface area contributed by atoms with Gasteiger partial charge in [0.25, 0.3) is 5.91 Å². The van der Waals surface area contributed by atoms with Gasteiger partial charge in [-0.1, -0.05) is 48.5 Å². The second kappa shape index (κ2) is 7.96. The van der Waals surface area contributed by atoms with Crippen LogP contribution in [0, 0.1) is 0 Å². The molecular weight excluding hydrogens is 350 g/mol. The Kier molecular flexibility index (Phi) is 5.06. The predicted octanol–water partition coefficient (Wildman–Crippen LogP) is 4.89. The number of anilines is 1. The quantitative estimate of drug-likeness (QED) is 0.525. The standard InChI is InChI=1S/C23H21N3O2/c1-2-26-21-15-9-8-14-20(21)24-23(26)25-22(27)19-13-7-6-10-17(19)16-28-18-11-4-3-5-12-18/h3-15H,2,16H2,1H3,(H,24,25,27). The van der Waals surface area contributed by atoms with Crippen molar-refractivity contribution in [2.45, 2.75) is 20.1 Å². The fraction of sp³-hybridized carbons (Fsp3) is 0.130. The molecule has 0 unspecified atom stereocenters. The second-order valence-corrected chi connectivity index (χ2v) is 6.38. The Bertz CT molecular complexity index is 1100. The number of nitrogens with one attached hydrogen (secondary N) is 1. The van der Waals surface area contributed by atoms with Gasteiger partial charge in [-0.05, 0) is 37.3 Å². The van der Waals surface area contributed by atoms with E-state index in [1.54, 1.807) is 6.07 Å². The van der Waals surface area contributed by atoms with Crippen LogP contribution in [0.25, 0.3) is 11.0 Å². The molecule has 3 aromatic carbocycles. The molecule has 1 heterocycles. The maximum Gasteiger partial charge on any atom is 0.258 e. The third-order valence-electron chi connectivity index (χ3n) is 4.60. The molecule has 5 heteroatoms. The lowest BCUT2D eigenvalue weighted by atomic mass is 10.1. The first-order chi connectivity index (χ1) is 13.8. The minimum absolute atomic E-state index is 0.197. The maximum absolute atomic E-state index is 13.0. The fourth-order valence-corrected chi connectivity index (χ4v) is 3.21. The third kappa shape index (κ3) is 3.60. The monoisotopic (exact) mass is 371 g/mol. The highest BCUT2D eigenvalue weighted by atomic mass is 16.5. The van der Waals surface area contributed by atoms with E-state index in [9.17, 15) is 4.79 Å². The molecule has 0 bridgehead atoms. The number of nitrogens with zero attached hydrogens (tertiary/aromatic N) is 2. The molecule has 1 N–H and O–H groups in total. The van der Waals surface area contributed by atoms with E-state index in [0.717, 1.165) is 28.9 Å². The summed E-state index contributed by atoms with van der Waals surface area (Å²) in [6.07, 6.45) is 0. The molecule has 1 amide bonds.